The molecule has 0 saturated heterocycles. The molecule has 3 rings (SSSR count). The highest BCUT2D eigenvalue weighted by Gasteiger charge is 2.17. The zero-order valence-electron chi connectivity index (χ0n) is 9.61. The summed E-state index contributed by atoms with van der Waals surface area (Å²) in [6.45, 7) is 1.77. The molecule has 18 heavy (non-hydrogen) atoms. The third-order valence-electron chi connectivity index (χ3n) is 3.02. The Labute approximate surface area is 107 Å². The van der Waals surface area contributed by atoms with Gasteiger partial charge in [-0.2, -0.15) is 0 Å². The van der Waals surface area contributed by atoms with Gasteiger partial charge in [-0.3, -0.25) is 9.36 Å². The number of hydrogen-bond acceptors (Lipinski definition) is 4. The maximum absolute atomic E-state index is 12.3. The van der Waals surface area contributed by atoms with Crippen LogP contribution in [0.3, 0.4) is 0 Å². The van der Waals surface area contributed by atoms with Gasteiger partial charge in [-0.05, 0) is 19.1 Å². The molecular weight excluding hydrogens is 254 g/mol. The van der Waals surface area contributed by atoms with Crippen molar-refractivity contribution in [2.45, 2.75) is 13.6 Å². The van der Waals surface area contributed by atoms with Crippen LogP contribution in [0.4, 0.5) is 0 Å². The number of rotatable bonds is 1. The zero-order chi connectivity index (χ0) is 12.9. The van der Waals surface area contributed by atoms with Crippen LogP contribution < -0.4 is 11.3 Å². The Morgan fingerprint density at radius 3 is 2.94 bits per heavy atom. The smallest absolute Gasteiger partial charge is 0.265 e. The third kappa shape index (κ3) is 1.31. The molecule has 6 heteroatoms. The average molecular weight is 264 g/mol. The summed E-state index contributed by atoms with van der Waals surface area (Å²) in [5, 5.41) is 5.57. The lowest BCUT2D eigenvalue weighted by Crippen LogP contribution is -2.24. The van der Waals surface area contributed by atoms with Crippen molar-refractivity contribution >= 4 is 33.4 Å². The minimum Gasteiger partial charge on any atom is -0.360 e. The number of nitrogens with zero attached hydrogens (tertiary/aromatic N) is 2. The Morgan fingerprint density at radius 2 is 2.22 bits per heavy atom. The zero-order valence-corrected chi connectivity index (χ0v) is 10.4. The predicted octanol–water partition coefficient (Wildman–Crippen LogP) is 2.02. The third-order valence-corrected chi connectivity index (χ3v) is 3.34. The first kappa shape index (κ1) is 11.3. The number of aryl methyl sites for hydroxylation is 1. The van der Waals surface area contributed by atoms with Crippen LogP contribution >= 0.6 is 11.6 Å². The summed E-state index contributed by atoms with van der Waals surface area (Å²) >= 11 is 6.19. The summed E-state index contributed by atoms with van der Waals surface area (Å²) in [6, 6.07) is 5.31. The first-order chi connectivity index (χ1) is 8.65. The van der Waals surface area contributed by atoms with E-state index in [1.165, 1.54) is 4.57 Å². The van der Waals surface area contributed by atoms with Crippen LogP contribution in [0, 0.1) is 6.92 Å². The van der Waals surface area contributed by atoms with E-state index in [1.807, 2.05) is 0 Å². The number of nitrogens with two attached hydrogens (primary N) is 1. The van der Waals surface area contributed by atoms with Crippen molar-refractivity contribution < 1.29 is 4.52 Å². The Hall–Kier alpha value is -1.85. The SMILES string of the molecule is Cc1onc2c1c(=O)n(CN)c1cccc(Cl)c21. The van der Waals surface area contributed by atoms with E-state index in [0.29, 0.717) is 32.6 Å². The monoisotopic (exact) mass is 263 g/mol. The number of hydrogen-bond donors (Lipinski definition) is 1. The number of aromatic nitrogens is 2. The van der Waals surface area contributed by atoms with E-state index in [0.717, 1.165) is 0 Å². The van der Waals surface area contributed by atoms with Gasteiger partial charge in [0.2, 0.25) is 0 Å². The van der Waals surface area contributed by atoms with Gasteiger partial charge in [-0.15, -0.1) is 0 Å². The molecule has 0 amide bonds. The molecule has 5 nitrogen and oxygen atoms in total. The van der Waals surface area contributed by atoms with Crippen LogP contribution in [0.25, 0.3) is 21.8 Å². The first-order valence-electron chi connectivity index (χ1n) is 5.42. The lowest BCUT2D eigenvalue weighted by atomic mass is 10.1. The summed E-state index contributed by atoms with van der Waals surface area (Å²) in [5.74, 6) is 0.471. The molecule has 0 fully saturated rings. The predicted molar refractivity (Wildman–Crippen MR) is 69.7 cm³/mol. The van der Waals surface area contributed by atoms with Gasteiger partial charge < -0.3 is 10.3 Å². The Balaban J connectivity index is 2.74. The lowest BCUT2D eigenvalue weighted by molar-refractivity contribution is 0.406. The van der Waals surface area contributed by atoms with Gasteiger partial charge in [-0.1, -0.05) is 22.8 Å². The van der Waals surface area contributed by atoms with Crippen molar-refractivity contribution in [2.24, 2.45) is 5.73 Å². The van der Waals surface area contributed by atoms with E-state index < -0.39 is 0 Å². The minimum atomic E-state index is -0.207. The second kappa shape index (κ2) is 3.83. The summed E-state index contributed by atoms with van der Waals surface area (Å²) in [5.41, 5.74) is 6.59. The molecule has 0 saturated carbocycles. The molecule has 2 N–H and O–H groups in total. The number of pyridine rings is 1. The topological polar surface area (TPSA) is 74.0 Å². The van der Waals surface area contributed by atoms with E-state index in [1.54, 1.807) is 25.1 Å². The summed E-state index contributed by atoms with van der Waals surface area (Å²) < 4.78 is 6.56. The van der Waals surface area contributed by atoms with Gasteiger partial charge in [-0.25, -0.2) is 0 Å². The highest BCUT2D eigenvalue weighted by Crippen LogP contribution is 2.29. The van der Waals surface area contributed by atoms with Gasteiger partial charge >= 0.3 is 0 Å². The average Bonchev–Trinajstić information content (AvgIpc) is 2.72. The van der Waals surface area contributed by atoms with E-state index in [4.69, 9.17) is 21.9 Å². The largest absolute Gasteiger partial charge is 0.360 e. The van der Waals surface area contributed by atoms with Gasteiger partial charge in [0.25, 0.3) is 5.56 Å². The molecule has 0 spiro atoms. The molecule has 3 aromatic rings. The summed E-state index contributed by atoms with van der Waals surface area (Å²) in [7, 11) is 0. The molecule has 2 heterocycles. The van der Waals surface area contributed by atoms with Crippen molar-refractivity contribution in [1.82, 2.24) is 9.72 Å². The van der Waals surface area contributed by atoms with Crippen LogP contribution in [-0.4, -0.2) is 9.72 Å². The maximum Gasteiger partial charge on any atom is 0.265 e. The Kier molecular flexibility index (Phi) is 2.39. The molecule has 0 atom stereocenters. The van der Waals surface area contributed by atoms with E-state index in [2.05, 4.69) is 5.16 Å². The molecular formula is C12H10ClN3O2. The highest BCUT2D eigenvalue weighted by molar-refractivity contribution is 6.37. The number of benzene rings is 1. The van der Waals surface area contributed by atoms with Gasteiger partial charge in [0, 0.05) is 5.39 Å². The normalized spacial score (nSPS) is 11.5. The van der Waals surface area contributed by atoms with Crippen LogP contribution in [-0.2, 0) is 6.67 Å². The quantitative estimate of drug-likeness (QED) is 0.729. The lowest BCUT2D eigenvalue weighted by Gasteiger charge is -2.08. The van der Waals surface area contributed by atoms with E-state index >= 15 is 0 Å². The minimum absolute atomic E-state index is 0.0796. The number of fused-ring (bicyclic) bond motifs is 3. The maximum atomic E-state index is 12.3. The van der Waals surface area contributed by atoms with Gasteiger partial charge in [0.1, 0.15) is 16.7 Å². The summed E-state index contributed by atoms with van der Waals surface area (Å²) in [6.07, 6.45) is 0. The molecule has 0 radical (unpaired) electrons. The molecule has 0 unspecified atom stereocenters. The van der Waals surface area contributed by atoms with Crippen LogP contribution in [0.5, 0.6) is 0 Å². The number of halogens is 1. The van der Waals surface area contributed by atoms with Crippen LogP contribution in [0.1, 0.15) is 5.76 Å². The molecule has 0 aliphatic heterocycles. The van der Waals surface area contributed by atoms with Crippen LogP contribution in [0.2, 0.25) is 5.02 Å². The van der Waals surface area contributed by atoms with Crippen molar-refractivity contribution in [3.63, 3.8) is 0 Å². The molecule has 2 aromatic heterocycles. The molecule has 0 aliphatic rings. The molecule has 92 valence electrons. The van der Waals surface area contributed by atoms with E-state index in [-0.39, 0.29) is 12.2 Å². The van der Waals surface area contributed by atoms with Gasteiger partial charge in [0.05, 0.1) is 17.2 Å². The van der Waals surface area contributed by atoms with Gasteiger partial charge in [0.15, 0.2) is 0 Å². The van der Waals surface area contributed by atoms with Crippen molar-refractivity contribution in [3.05, 3.63) is 39.3 Å². The second-order valence-electron chi connectivity index (χ2n) is 4.01. The molecule has 0 bridgehead atoms. The van der Waals surface area contributed by atoms with E-state index in [9.17, 15) is 4.79 Å². The fourth-order valence-corrected chi connectivity index (χ4v) is 2.45. The first-order valence-corrected chi connectivity index (χ1v) is 5.80. The molecule has 0 aliphatic carbocycles. The molecule has 1 aromatic carbocycles. The fraction of sp³-hybridized carbons (Fsp3) is 0.167. The van der Waals surface area contributed by atoms with Crippen LogP contribution in [0.15, 0.2) is 27.5 Å². The van der Waals surface area contributed by atoms with Crippen molar-refractivity contribution in [2.75, 3.05) is 0 Å². The second-order valence-corrected chi connectivity index (χ2v) is 4.42. The van der Waals surface area contributed by atoms with Crippen molar-refractivity contribution in [3.8, 4) is 0 Å². The van der Waals surface area contributed by atoms with Crippen molar-refractivity contribution in [1.29, 1.82) is 0 Å². The fourth-order valence-electron chi connectivity index (χ4n) is 2.19. The Bertz CT molecular complexity index is 819. The standard InChI is InChI=1S/C12H10ClN3O2/c1-6-9-11(15-18-6)10-7(13)3-2-4-8(10)16(5-14)12(9)17/h2-4H,5,14H2,1H3. The highest BCUT2D eigenvalue weighted by atomic mass is 35.5. The summed E-state index contributed by atoms with van der Waals surface area (Å²) in [4.78, 5) is 12.3. The Morgan fingerprint density at radius 1 is 1.44 bits per heavy atom.